The van der Waals surface area contributed by atoms with Gasteiger partial charge >= 0.3 is 0 Å². The van der Waals surface area contributed by atoms with Gasteiger partial charge in [0.15, 0.2) is 10.9 Å². The quantitative estimate of drug-likeness (QED) is 0.821. The molecule has 94 valence electrons. The second-order valence-corrected chi connectivity index (χ2v) is 4.68. The zero-order chi connectivity index (χ0) is 13.1. The molecule has 1 aromatic carbocycles. The molecule has 0 saturated carbocycles. The van der Waals surface area contributed by atoms with Gasteiger partial charge in [0.2, 0.25) is 0 Å². The van der Waals surface area contributed by atoms with Crippen molar-refractivity contribution in [2.45, 2.75) is 13.8 Å². The number of aryl methyl sites for hydroxylation is 2. The molecule has 6 heteroatoms. The predicted molar refractivity (Wildman–Crippen MR) is 77.3 cm³/mol. The van der Waals surface area contributed by atoms with E-state index in [0.717, 1.165) is 17.0 Å². The summed E-state index contributed by atoms with van der Waals surface area (Å²) in [5.74, 6) is 1.29. The van der Waals surface area contributed by atoms with Gasteiger partial charge in [-0.3, -0.25) is 0 Å². The van der Waals surface area contributed by atoms with Crippen molar-refractivity contribution in [1.82, 2.24) is 5.16 Å². The van der Waals surface area contributed by atoms with E-state index in [1.54, 1.807) is 6.07 Å². The second-order valence-electron chi connectivity index (χ2n) is 3.87. The third kappa shape index (κ3) is 3.21. The lowest BCUT2D eigenvalue weighted by molar-refractivity contribution is 0.400. The Labute approximate surface area is 115 Å². The minimum atomic E-state index is 0.434. The smallest absolute Gasteiger partial charge is 0.176 e. The number of anilines is 2. The maximum atomic E-state index is 6.03. The summed E-state index contributed by atoms with van der Waals surface area (Å²) in [5, 5.41) is 10.9. The van der Waals surface area contributed by atoms with Gasteiger partial charge in [0.25, 0.3) is 0 Å². The van der Waals surface area contributed by atoms with Crippen LogP contribution in [0.3, 0.4) is 0 Å². The van der Waals surface area contributed by atoms with E-state index in [2.05, 4.69) is 15.8 Å². The molecule has 0 saturated heterocycles. The van der Waals surface area contributed by atoms with E-state index in [-0.39, 0.29) is 0 Å². The number of hydrogen-bond acceptors (Lipinski definition) is 3. The molecule has 1 heterocycles. The minimum absolute atomic E-state index is 0.434. The maximum Gasteiger partial charge on any atom is 0.176 e. The van der Waals surface area contributed by atoms with Gasteiger partial charge in [-0.25, -0.2) is 0 Å². The molecule has 2 rings (SSSR count). The van der Waals surface area contributed by atoms with Crippen molar-refractivity contribution >= 4 is 40.4 Å². The number of aromatic nitrogens is 1. The summed E-state index contributed by atoms with van der Waals surface area (Å²) in [6, 6.07) is 7.41. The molecule has 1 aromatic heterocycles. The highest BCUT2D eigenvalue weighted by Gasteiger charge is 2.04. The summed E-state index contributed by atoms with van der Waals surface area (Å²) in [5.41, 5.74) is 1.84. The largest absolute Gasteiger partial charge is 0.360 e. The fourth-order valence-electron chi connectivity index (χ4n) is 1.37. The van der Waals surface area contributed by atoms with E-state index >= 15 is 0 Å². The molecule has 0 bridgehead atoms. The lowest BCUT2D eigenvalue weighted by Gasteiger charge is -2.09. The number of hydrogen-bond donors (Lipinski definition) is 2. The monoisotopic (exact) mass is 281 g/mol. The third-order valence-corrected chi connectivity index (χ3v) is 2.91. The van der Waals surface area contributed by atoms with Crippen LogP contribution < -0.4 is 10.6 Å². The first-order chi connectivity index (χ1) is 8.54. The summed E-state index contributed by atoms with van der Waals surface area (Å²) in [7, 11) is 0. The molecule has 4 nitrogen and oxygen atoms in total. The predicted octanol–water partition coefficient (Wildman–Crippen LogP) is 3.75. The fourth-order valence-corrected chi connectivity index (χ4v) is 1.78. The van der Waals surface area contributed by atoms with Gasteiger partial charge in [0.1, 0.15) is 5.76 Å². The summed E-state index contributed by atoms with van der Waals surface area (Å²) in [6.45, 7) is 3.76. The molecule has 2 N–H and O–H groups in total. The molecule has 0 spiro atoms. The van der Waals surface area contributed by atoms with Crippen LogP contribution >= 0.6 is 23.8 Å². The Bertz CT molecular complexity index is 582. The molecule has 0 unspecified atom stereocenters. The van der Waals surface area contributed by atoms with Gasteiger partial charge in [-0.2, -0.15) is 0 Å². The van der Waals surface area contributed by atoms with Gasteiger partial charge in [-0.05, 0) is 43.8 Å². The van der Waals surface area contributed by atoms with Crippen LogP contribution in [0.25, 0.3) is 0 Å². The third-order valence-electron chi connectivity index (χ3n) is 2.30. The van der Waals surface area contributed by atoms with Crippen molar-refractivity contribution in [3.05, 3.63) is 40.6 Å². The maximum absolute atomic E-state index is 6.03. The standard InChI is InChI=1S/C12H12ClN3OS/c1-7-3-4-9(6-10(7)13)14-12(18)15-11-5-8(2)17-16-11/h3-6H,1-2H3,(H2,14,15,16,18). The van der Waals surface area contributed by atoms with Crippen molar-refractivity contribution in [2.24, 2.45) is 0 Å². The van der Waals surface area contributed by atoms with Crippen LogP contribution in [0, 0.1) is 13.8 Å². The molecule has 2 aromatic rings. The second kappa shape index (κ2) is 5.37. The van der Waals surface area contributed by atoms with Crippen LogP contribution in [0.2, 0.25) is 5.02 Å². The fraction of sp³-hybridized carbons (Fsp3) is 0.167. The Hall–Kier alpha value is -1.59. The van der Waals surface area contributed by atoms with Crippen molar-refractivity contribution in [3.63, 3.8) is 0 Å². The summed E-state index contributed by atoms with van der Waals surface area (Å²) in [4.78, 5) is 0. The van der Waals surface area contributed by atoms with E-state index in [1.807, 2.05) is 32.0 Å². The minimum Gasteiger partial charge on any atom is -0.360 e. The average Bonchev–Trinajstić information content (AvgIpc) is 2.69. The number of benzene rings is 1. The highest BCUT2D eigenvalue weighted by Crippen LogP contribution is 2.20. The first-order valence-electron chi connectivity index (χ1n) is 5.32. The van der Waals surface area contributed by atoms with Crippen molar-refractivity contribution < 1.29 is 4.52 Å². The number of nitrogens with one attached hydrogen (secondary N) is 2. The van der Waals surface area contributed by atoms with Gasteiger partial charge in [-0.15, -0.1) is 0 Å². The molecule has 18 heavy (non-hydrogen) atoms. The Morgan fingerprint density at radius 3 is 2.67 bits per heavy atom. The van der Waals surface area contributed by atoms with E-state index in [4.69, 9.17) is 28.3 Å². The Balaban J connectivity index is 2.00. The molecule has 0 atom stereocenters. The molecular weight excluding hydrogens is 270 g/mol. The lowest BCUT2D eigenvalue weighted by Crippen LogP contribution is -2.19. The summed E-state index contributed by atoms with van der Waals surface area (Å²) < 4.78 is 4.93. The van der Waals surface area contributed by atoms with Gasteiger partial charge in [0, 0.05) is 16.8 Å². The van der Waals surface area contributed by atoms with Crippen molar-refractivity contribution in [3.8, 4) is 0 Å². The Morgan fingerprint density at radius 1 is 1.28 bits per heavy atom. The molecule has 0 aliphatic heterocycles. The number of nitrogens with zero attached hydrogens (tertiary/aromatic N) is 1. The van der Waals surface area contributed by atoms with Gasteiger partial charge in [-0.1, -0.05) is 22.8 Å². The normalized spacial score (nSPS) is 10.2. The number of halogens is 1. The van der Waals surface area contributed by atoms with Crippen LogP contribution in [0.4, 0.5) is 11.5 Å². The van der Waals surface area contributed by atoms with Crippen LogP contribution in [0.5, 0.6) is 0 Å². The number of thiocarbonyl (C=S) groups is 1. The molecule has 0 aliphatic carbocycles. The van der Waals surface area contributed by atoms with E-state index in [0.29, 0.717) is 16.0 Å². The highest BCUT2D eigenvalue weighted by atomic mass is 35.5. The van der Waals surface area contributed by atoms with Gasteiger partial charge in [0.05, 0.1) is 0 Å². The van der Waals surface area contributed by atoms with Crippen molar-refractivity contribution in [2.75, 3.05) is 10.6 Å². The average molecular weight is 282 g/mol. The molecule has 0 radical (unpaired) electrons. The number of rotatable bonds is 2. The lowest BCUT2D eigenvalue weighted by atomic mass is 10.2. The van der Waals surface area contributed by atoms with Crippen LogP contribution in [0.1, 0.15) is 11.3 Å². The first-order valence-corrected chi connectivity index (χ1v) is 6.11. The molecule has 0 fully saturated rings. The molecular formula is C12H12ClN3OS. The van der Waals surface area contributed by atoms with E-state index < -0.39 is 0 Å². The first kappa shape index (κ1) is 12.9. The van der Waals surface area contributed by atoms with Crippen molar-refractivity contribution in [1.29, 1.82) is 0 Å². The zero-order valence-electron chi connectivity index (χ0n) is 9.95. The van der Waals surface area contributed by atoms with E-state index in [9.17, 15) is 0 Å². The SMILES string of the molecule is Cc1cc(NC(=S)Nc2ccc(C)c(Cl)c2)no1. The molecule has 0 aliphatic rings. The summed E-state index contributed by atoms with van der Waals surface area (Å²) in [6.07, 6.45) is 0. The molecule has 0 amide bonds. The van der Waals surface area contributed by atoms with Crippen LogP contribution in [-0.2, 0) is 0 Å². The van der Waals surface area contributed by atoms with E-state index in [1.165, 1.54) is 0 Å². The van der Waals surface area contributed by atoms with Gasteiger partial charge < -0.3 is 15.2 Å². The zero-order valence-corrected chi connectivity index (χ0v) is 11.5. The van der Waals surface area contributed by atoms with Crippen LogP contribution in [0.15, 0.2) is 28.8 Å². The summed E-state index contributed by atoms with van der Waals surface area (Å²) >= 11 is 11.2. The van der Waals surface area contributed by atoms with Crippen LogP contribution in [-0.4, -0.2) is 10.3 Å². The highest BCUT2D eigenvalue weighted by molar-refractivity contribution is 7.80. The Morgan fingerprint density at radius 2 is 2.06 bits per heavy atom. The topological polar surface area (TPSA) is 50.1 Å². The Kier molecular flexibility index (Phi) is 3.84.